The van der Waals surface area contributed by atoms with Gasteiger partial charge in [0.1, 0.15) is 16.6 Å². The summed E-state index contributed by atoms with van der Waals surface area (Å²) in [6, 6.07) is 18.2. The first-order chi connectivity index (χ1) is 12.2. The molecule has 0 fully saturated rings. The van der Waals surface area contributed by atoms with Crippen LogP contribution in [0.2, 0.25) is 5.15 Å². The summed E-state index contributed by atoms with van der Waals surface area (Å²) >= 11 is 6.30. The van der Waals surface area contributed by atoms with E-state index in [1.165, 1.54) is 5.56 Å². The van der Waals surface area contributed by atoms with Crippen LogP contribution in [0.1, 0.15) is 5.56 Å². The van der Waals surface area contributed by atoms with Crippen LogP contribution in [0.15, 0.2) is 67.0 Å². The Morgan fingerprint density at radius 1 is 1.08 bits per heavy atom. The Morgan fingerprint density at radius 2 is 1.92 bits per heavy atom. The average Bonchev–Trinajstić information content (AvgIpc) is 3.06. The van der Waals surface area contributed by atoms with Crippen molar-refractivity contribution in [2.45, 2.75) is 6.54 Å². The van der Waals surface area contributed by atoms with E-state index in [0.717, 1.165) is 34.5 Å². The first-order valence-corrected chi connectivity index (χ1v) is 8.43. The molecule has 4 aromatic rings. The second-order valence-electron chi connectivity index (χ2n) is 5.98. The number of aromatic nitrogens is 3. The summed E-state index contributed by atoms with van der Waals surface area (Å²) in [5.41, 5.74) is 4.19. The first-order valence-electron chi connectivity index (χ1n) is 8.06. The van der Waals surface area contributed by atoms with Gasteiger partial charge in [0.25, 0.3) is 0 Å². The van der Waals surface area contributed by atoms with Crippen molar-refractivity contribution in [2.24, 2.45) is 0 Å². The van der Waals surface area contributed by atoms with E-state index in [0.29, 0.717) is 5.15 Å². The SMILES string of the molecule is CN(Cc1ccccc1)c1cc(-c2c[nH]c3ncccc23)cc(Cl)n1. The maximum absolute atomic E-state index is 6.30. The number of hydrogen-bond acceptors (Lipinski definition) is 3. The standard InChI is InChI=1S/C20H17ClN4/c1-25(13-14-6-3-2-4-7-14)19-11-15(10-18(21)24-19)17-12-23-20-16(17)8-5-9-22-20/h2-12H,13H2,1H3,(H,22,23). The van der Waals surface area contributed by atoms with Gasteiger partial charge in [0.15, 0.2) is 0 Å². The molecule has 4 rings (SSSR count). The van der Waals surface area contributed by atoms with Crippen LogP contribution in [-0.2, 0) is 6.54 Å². The van der Waals surface area contributed by atoms with Crippen LogP contribution < -0.4 is 4.90 Å². The number of fused-ring (bicyclic) bond motifs is 1. The zero-order chi connectivity index (χ0) is 17.2. The van der Waals surface area contributed by atoms with Crippen molar-refractivity contribution in [1.82, 2.24) is 15.0 Å². The van der Waals surface area contributed by atoms with Crippen LogP contribution in [-0.4, -0.2) is 22.0 Å². The molecule has 3 aromatic heterocycles. The number of nitrogens with zero attached hydrogens (tertiary/aromatic N) is 3. The highest BCUT2D eigenvalue weighted by Gasteiger charge is 2.11. The molecule has 0 bridgehead atoms. The Bertz CT molecular complexity index is 1010. The van der Waals surface area contributed by atoms with Crippen molar-refractivity contribution in [3.8, 4) is 11.1 Å². The van der Waals surface area contributed by atoms with Crippen LogP contribution in [0, 0.1) is 0 Å². The molecule has 0 saturated carbocycles. The third kappa shape index (κ3) is 3.21. The minimum absolute atomic E-state index is 0.477. The Balaban J connectivity index is 1.71. The summed E-state index contributed by atoms with van der Waals surface area (Å²) in [5, 5.41) is 1.55. The van der Waals surface area contributed by atoms with E-state index in [9.17, 15) is 0 Å². The topological polar surface area (TPSA) is 44.8 Å². The summed E-state index contributed by atoms with van der Waals surface area (Å²) in [5.74, 6) is 0.838. The van der Waals surface area contributed by atoms with Crippen molar-refractivity contribution < 1.29 is 0 Å². The number of H-pyrrole nitrogens is 1. The van der Waals surface area contributed by atoms with Gasteiger partial charge in [0.05, 0.1) is 0 Å². The van der Waals surface area contributed by atoms with Crippen LogP contribution in [0.25, 0.3) is 22.2 Å². The van der Waals surface area contributed by atoms with Crippen molar-refractivity contribution in [1.29, 1.82) is 0 Å². The largest absolute Gasteiger partial charge is 0.355 e. The summed E-state index contributed by atoms with van der Waals surface area (Å²) in [4.78, 5) is 14.1. The summed E-state index contributed by atoms with van der Waals surface area (Å²) in [7, 11) is 2.02. The van der Waals surface area contributed by atoms with E-state index in [4.69, 9.17) is 11.6 Å². The number of hydrogen-bond donors (Lipinski definition) is 1. The van der Waals surface area contributed by atoms with Gasteiger partial charge < -0.3 is 9.88 Å². The molecule has 25 heavy (non-hydrogen) atoms. The quantitative estimate of drug-likeness (QED) is 0.533. The second kappa shape index (κ2) is 6.57. The molecule has 1 N–H and O–H groups in total. The molecule has 124 valence electrons. The lowest BCUT2D eigenvalue weighted by Gasteiger charge is -2.19. The van der Waals surface area contributed by atoms with Gasteiger partial charge in [-0.25, -0.2) is 9.97 Å². The molecule has 0 unspecified atom stereocenters. The predicted octanol–water partition coefficient (Wildman–Crippen LogP) is 4.91. The molecule has 0 amide bonds. The van der Waals surface area contributed by atoms with E-state index < -0.39 is 0 Å². The number of nitrogens with one attached hydrogen (secondary N) is 1. The fraction of sp³-hybridized carbons (Fsp3) is 0.100. The minimum atomic E-state index is 0.477. The van der Waals surface area contributed by atoms with Crippen LogP contribution in [0.4, 0.5) is 5.82 Å². The molecule has 0 radical (unpaired) electrons. The smallest absolute Gasteiger partial charge is 0.137 e. The summed E-state index contributed by atoms with van der Waals surface area (Å²) < 4.78 is 0. The average molecular weight is 349 g/mol. The lowest BCUT2D eigenvalue weighted by molar-refractivity contribution is 0.898. The molecule has 0 aliphatic carbocycles. The van der Waals surface area contributed by atoms with Gasteiger partial charge in [-0.15, -0.1) is 0 Å². The number of benzene rings is 1. The Morgan fingerprint density at radius 3 is 2.76 bits per heavy atom. The Hall–Kier alpha value is -2.85. The van der Waals surface area contributed by atoms with Gasteiger partial charge >= 0.3 is 0 Å². The molecule has 0 saturated heterocycles. The van der Waals surface area contributed by atoms with Gasteiger partial charge in [-0.1, -0.05) is 41.9 Å². The lowest BCUT2D eigenvalue weighted by atomic mass is 10.1. The number of pyridine rings is 2. The highest BCUT2D eigenvalue weighted by Crippen LogP contribution is 2.31. The number of aromatic amines is 1. The van der Waals surface area contributed by atoms with E-state index in [-0.39, 0.29) is 0 Å². The second-order valence-corrected chi connectivity index (χ2v) is 6.37. The van der Waals surface area contributed by atoms with Gasteiger partial charge in [-0.3, -0.25) is 0 Å². The fourth-order valence-corrected chi connectivity index (χ4v) is 3.17. The summed E-state index contributed by atoms with van der Waals surface area (Å²) in [6.07, 6.45) is 3.74. The molecule has 0 spiro atoms. The van der Waals surface area contributed by atoms with Gasteiger partial charge in [0.2, 0.25) is 0 Å². The molecule has 5 heteroatoms. The molecular formula is C20H17ClN4. The Kier molecular flexibility index (Phi) is 4.12. The number of anilines is 1. The normalized spacial score (nSPS) is 11.0. The molecule has 4 nitrogen and oxygen atoms in total. The molecule has 1 aromatic carbocycles. The van der Waals surface area contributed by atoms with E-state index in [1.807, 2.05) is 43.6 Å². The Labute approximate surface area is 151 Å². The lowest BCUT2D eigenvalue weighted by Crippen LogP contribution is -2.17. The van der Waals surface area contributed by atoms with Crippen molar-refractivity contribution >= 4 is 28.5 Å². The third-order valence-electron chi connectivity index (χ3n) is 4.20. The van der Waals surface area contributed by atoms with Crippen molar-refractivity contribution in [3.05, 3.63) is 77.7 Å². The molecular weight excluding hydrogens is 332 g/mol. The first kappa shape index (κ1) is 15.7. The monoisotopic (exact) mass is 348 g/mol. The molecule has 0 aliphatic heterocycles. The van der Waals surface area contributed by atoms with Crippen LogP contribution in [0.5, 0.6) is 0 Å². The van der Waals surface area contributed by atoms with Gasteiger partial charge in [-0.2, -0.15) is 0 Å². The fourth-order valence-electron chi connectivity index (χ4n) is 2.97. The minimum Gasteiger partial charge on any atom is -0.355 e. The highest BCUT2D eigenvalue weighted by molar-refractivity contribution is 6.29. The molecule has 0 aliphatic rings. The van der Waals surface area contributed by atoms with Crippen molar-refractivity contribution in [2.75, 3.05) is 11.9 Å². The molecule has 0 atom stereocenters. The van der Waals surface area contributed by atoms with Crippen molar-refractivity contribution in [3.63, 3.8) is 0 Å². The zero-order valence-electron chi connectivity index (χ0n) is 13.8. The zero-order valence-corrected chi connectivity index (χ0v) is 14.5. The summed E-state index contributed by atoms with van der Waals surface area (Å²) in [6.45, 7) is 0.767. The predicted molar refractivity (Wildman–Crippen MR) is 103 cm³/mol. The van der Waals surface area contributed by atoms with Gasteiger partial charge in [-0.05, 0) is 35.4 Å². The maximum Gasteiger partial charge on any atom is 0.137 e. The maximum atomic E-state index is 6.30. The van der Waals surface area contributed by atoms with Crippen LogP contribution >= 0.6 is 11.6 Å². The van der Waals surface area contributed by atoms with E-state index in [1.54, 1.807) is 6.20 Å². The number of halogens is 1. The third-order valence-corrected chi connectivity index (χ3v) is 4.39. The number of rotatable bonds is 4. The van der Waals surface area contributed by atoms with E-state index in [2.05, 4.69) is 44.1 Å². The van der Waals surface area contributed by atoms with Gasteiger partial charge in [0, 0.05) is 36.9 Å². The molecule has 3 heterocycles. The van der Waals surface area contributed by atoms with Crippen LogP contribution in [0.3, 0.4) is 0 Å². The highest BCUT2D eigenvalue weighted by atomic mass is 35.5. The van der Waals surface area contributed by atoms with E-state index >= 15 is 0 Å².